The Morgan fingerprint density at radius 2 is 1.95 bits per heavy atom. The second-order valence-electron chi connectivity index (χ2n) is 6.74. The molecule has 106 valence electrons. The molecule has 2 amide bonds. The van der Waals surface area contributed by atoms with E-state index in [4.69, 9.17) is 5.73 Å². The quantitative estimate of drug-likeness (QED) is 0.786. The second-order valence-corrected chi connectivity index (χ2v) is 6.74. The number of nitrogens with two attached hydrogens (primary N) is 1. The molecule has 0 radical (unpaired) electrons. The molecule has 1 aliphatic heterocycles. The molecule has 0 aromatic heterocycles. The maximum absolute atomic E-state index is 12.5. The van der Waals surface area contributed by atoms with E-state index in [9.17, 15) is 9.59 Å². The molecule has 19 heavy (non-hydrogen) atoms. The molecule has 2 N–H and O–H groups in total. The van der Waals surface area contributed by atoms with Crippen molar-refractivity contribution in [3.05, 3.63) is 11.6 Å². The Morgan fingerprint density at radius 3 is 2.42 bits per heavy atom. The Hall–Kier alpha value is -1.32. The minimum absolute atomic E-state index is 0.0408. The largest absolute Gasteiger partial charge is 0.369 e. The molecule has 1 saturated heterocycles. The first-order valence-corrected chi connectivity index (χ1v) is 6.98. The summed E-state index contributed by atoms with van der Waals surface area (Å²) in [5.74, 6) is 0.141. The lowest BCUT2D eigenvalue weighted by Crippen LogP contribution is -2.33. The van der Waals surface area contributed by atoms with Crippen LogP contribution >= 0.6 is 0 Å². The molecular weight excluding hydrogens is 240 g/mol. The summed E-state index contributed by atoms with van der Waals surface area (Å²) >= 11 is 0. The summed E-state index contributed by atoms with van der Waals surface area (Å²) in [6.45, 7) is 9.58. The lowest BCUT2D eigenvalue weighted by atomic mass is 10.1. The van der Waals surface area contributed by atoms with Crippen molar-refractivity contribution < 1.29 is 9.59 Å². The van der Waals surface area contributed by atoms with E-state index in [2.05, 4.69) is 33.8 Å². The Bertz CT molecular complexity index is 435. The number of rotatable bonds is 3. The van der Waals surface area contributed by atoms with E-state index in [-0.39, 0.29) is 29.1 Å². The predicted molar refractivity (Wildman–Crippen MR) is 74.1 cm³/mol. The zero-order valence-corrected chi connectivity index (χ0v) is 12.3. The monoisotopic (exact) mass is 264 g/mol. The summed E-state index contributed by atoms with van der Waals surface area (Å²) in [7, 11) is 0. The van der Waals surface area contributed by atoms with Crippen molar-refractivity contribution in [2.45, 2.75) is 34.1 Å². The first-order valence-electron chi connectivity index (χ1n) is 6.98. The zero-order valence-electron chi connectivity index (χ0n) is 12.3. The number of hydrogen-bond acceptors (Lipinski definition) is 2. The number of primary amides is 1. The highest BCUT2D eigenvalue weighted by Crippen LogP contribution is 2.60. The number of nitrogens with zero attached hydrogens (tertiary/aromatic N) is 1. The van der Waals surface area contributed by atoms with Crippen molar-refractivity contribution in [1.29, 1.82) is 0 Å². The van der Waals surface area contributed by atoms with Gasteiger partial charge in [0.2, 0.25) is 11.8 Å². The molecule has 4 nitrogen and oxygen atoms in total. The molecule has 0 aromatic rings. The predicted octanol–water partition coefficient (Wildman–Crippen LogP) is 1.56. The summed E-state index contributed by atoms with van der Waals surface area (Å²) < 4.78 is 0. The fourth-order valence-electron chi connectivity index (χ4n) is 3.21. The Balaban J connectivity index is 2.02. The lowest BCUT2D eigenvalue weighted by molar-refractivity contribution is -0.132. The Kier molecular flexibility index (Phi) is 3.45. The summed E-state index contributed by atoms with van der Waals surface area (Å²) in [6.07, 6.45) is 2.91. The van der Waals surface area contributed by atoms with Gasteiger partial charge in [0.15, 0.2) is 0 Å². The molecule has 0 spiro atoms. The van der Waals surface area contributed by atoms with Crippen LogP contribution in [-0.4, -0.2) is 29.8 Å². The van der Waals surface area contributed by atoms with Crippen LogP contribution in [-0.2, 0) is 9.59 Å². The van der Waals surface area contributed by atoms with E-state index in [1.165, 1.54) is 5.57 Å². The molecule has 2 fully saturated rings. The molecule has 0 bridgehead atoms. The molecule has 2 rings (SSSR count). The van der Waals surface area contributed by atoms with Crippen LogP contribution < -0.4 is 5.73 Å². The molecule has 0 unspecified atom stereocenters. The summed E-state index contributed by atoms with van der Waals surface area (Å²) in [5.41, 5.74) is 6.61. The number of likely N-dealkylation sites (tertiary alicyclic amines) is 1. The van der Waals surface area contributed by atoms with E-state index < -0.39 is 0 Å². The zero-order chi connectivity index (χ0) is 14.4. The van der Waals surface area contributed by atoms with Gasteiger partial charge in [-0.25, -0.2) is 0 Å². The second kappa shape index (κ2) is 4.66. The standard InChI is InChI=1S/C15H24N2O2/c1-9(2)7-11-12(15(11,3)4)14(19)17-6-5-10(8-17)13(16)18/h7,10-12H,5-6,8H2,1-4H3,(H2,16,18)/t10-,11+,12+/m0/s1. The minimum Gasteiger partial charge on any atom is -0.369 e. The van der Waals surface area contributed by atoms with Gasteiger partial charge in [0.25, 0.3) is 0 Å². The molecule has 1 heterocycles. The number of amides is 2. The average Bonchev–Trinajstić information content (AvgIpc) is 2.67. The van der Waals surface area contributed by atoms with Gasteiger partial charge in [0.1, 0.15) is 0 Å². The van der Waals surface area contributed by atoms with Crippen LogP contribution in [0, 0.1) is 23.2 Å². The molecular formula is C15H24N2O2. The summed E-state index contributed by atoms with van der Waals surface area (Å²) in [5, 5.41) is 0. The van der Waals surface area contributed by atoms with Crippen molar-refractivity contribution in [2.75, 3.05) is 13.1 Å². The van der Waals surface area contributed by atoms with Gasteiger partial charge in [-0.2, -0.15) is 0 Å². The van der Waals surface area contributed by atoms with Crippen LogP contribution in [0.1, 0.15) is 34.1 Å². The van der Waals surface area contributed by atoms with Crippen LogP contribution in [0.5, 0.6) is 0 Å². The van der Waals surface area contributed by atoms with Crippen molar-refractivity contribution >= 4 is 11.8 Å². The van der Waals surface area contributed by atoms with Gasteiger partial charge in [-0.05, 0) is 31.6 Å². The van der Waals surface area contributed by atoms with E-state index in [1.807, 2.05) is 4.90 Å². The van der Waals surface area contributed by atoms with Gasteiger partial charge in [0.05, 0.1) is 11.8 Å². The number of hydrogen-bond donors (Lipinski definition) is 1. The fraction of sp³-hybridized carbons (Fsp3) is 0.733. The van der Waals surface area contributed by atoms with Crippen molar-refractivity contribution in [3.63, 3.8) is 0 Å². The molecule has 4 heteroatoms. The normalized spacial score (nSPS) is 32.0. The molecule has 0 aromatic carbocycles. The van der Waals surface area contributed by atoms with Crippen LogP contribution in [0.3, 0.4) is 0 Å². The molecule has 1 saturated carbocycles. The topological polar surface area (TPSA) is 63.4 Å². The van der Waals surface area contributed by atoms with Crippen molar-refractivity contribution in [2.24, 2.45) is 28.9 Å². The first kappa shape index (κ1) is 14.1. The van der Waals surface area contributed by atoms with Gasteiger partial charge in [-0.1, -0.05) is 25.5 Å². The van der Waals surface area contributed by atoms with Crippen LogP contribution in [0.4, 0.5) is 0 Å². The van der Waals surface area contributed by atoms with Crippen LogP contribution in [0.2, 0.25) is 0 Å². The Morgan fingerprint density at radius 1 is 1.32 bits per heavy atom. The van der Waals surface area contributed by atoms with E-state index in [0.29, 0.717) is 25.4 Å². The van der Waals surface area contributed by atoms with Gasteiger partial charge in [-0.3, -0.25) is 9.59 Å². The van der Waals surface area contributed by atoms with E-state index in [1.54, 1.807) is 0 Å². The average molecular weight is 264 g/mol. The lowest BCUT2D eigenvalue weighted by Gasteiger charge is -2.16. The number of allylic oxidation sites excluding steroid dienone is 2. The number of carbonyl (C=O) groups excluding carboxylic acids is 2. The van der Waals surface area contributed by atoms with Gasteiger partial charge >= 0.3 is 0 Å². The highest BCUT2D eigenvalue weighted by molar-refractivity contribution is 5.85. The van der Waals surface area contributed by atoms with Gasteiger partial charge < -0.3 is 10.6 Å². The smallest absolute Gasteiger partial charge is 0.226 e. The molecule has 2 aliphatic rings. The third kappa shape index (κ3) is 2.53. The summed E-state index contributed by atoms with van der Waals surface area (Å²) in [4.78, 5) is 25.5. The first-order chi connectivity index (χ1) is 8.75. The third-order valence-corrected chi connectivity index (χ3v) is 4.59. The van der Waals surface area contributed by atoms with Crippen LogP contribution in [0.15, 0.2) is 11.6 Å². The van der Waals surface area contributed by atoms with Gasteiger partial charge in [0, 0.05) is 13.1 Å². The van der Waals surface area contributed by atoms with E-state index >= 15 is 0 Å². The van der Waals surface area contributed by atoms with Crippen molar-refractivity contribution in [3.8, 4) is 0 Å². The highest BCUT2D eigenvalue weighted by atomic mass is 16.2. The summed E-state index contributed by atoms with van der Waals surface area (Å²) in [6, 6.07) is 0. The fourth-order valence-corrected chi connectivity index (χ4v) is 3.21. The Labute approximate surface area is 115 Å². The highest BCUT2D eigenvalue weighted by Gasteiger charge is 2.61. The SMILES string of the molecule is CC(C)=C[C@@H]1[C@H](C(=O)N2CC[C@H](C(N)=O)C2)C1(C)C. The minimum atomic E-state index is -0.286. The third-order valence-electron chi connectivity index (χ3n) is 4.59. The number of carbonyl (C=O) groups is 2. The van der Waals surface area contributed by atoms with Crippen LogP contribution in [0.25, 0.3) is 0 Å². The van der Waals surface area contributed by atoms with E-state index in [0.717, 1.165) is 0 Å². The van der Waals surface area contributed by atoms with Gasteiger partial charge in [-0.15, -0.1) is 0 Å². The molecule has 1 aliphatic carbocycles. The maximum atomic E-state index is 12.5. The molecule has 3 atom stereocenters. The maximum Gasteiger partial charge on any atom is 0.226 e. The van der Waals surface area contributed by atoms with Crippen molar-refractivity contribution in [1.82, 2.24) is 4.90 Å².